The Morgan fingerprint density at radius 2 is 2.05 bits per heavy atom. The van der Waals surface area contributed by atoms with Gasteiger partial charge in [0.25, 0.3) is 5.56 Å². The Balaban J connectivity index is 1.90. The highest BCUT2D eigenvalue weighted by molar-refractivity contribution is 6.66. The third-order valence-electron chi connectivity index (χ3n) is 4.05. The minimum Gasteiger partial charge on any atom is -0.278 e. The molecule has 1 fully saturated rings. The fourth-order valence-corrected chi connectivity index (χ4v) is 3.22. The second-order valence-corrected chi connectivity index (χ2v) is 5.75. The Morgan fingerprint density at radius 3 is 2.79 bits per heavy atom. The zero-order valence-corrected chi connectivity index (χ0v) is 11.4. The van der Waals surface area contributed by atoms with E-state index in [2.05, 4.69) is 9.98 Å². The summed E-state index contributed by atoms with van der Waals surface area (Å²) in [7, 11) is 0. The van der Waals surface area contributed by atoms with E-state index in [9.17, 15) is 9.59 Å². The number of aromatic amines is 1. The van der Waals surface area contributed by atoms with Crippen LogP contribution in [0.25, 0.3) is 0 Å². The molecule has 5 nitrogen and oxygen atoms in total. The van der Waals surface area contributed by atoms with Crippen LogP contribution in [0.15, 0.2) is 14.6 Å². The minimum absolute atomic E-state index is 0.329. The van der Waals surface area contributed by atoms with Crippen LogP contribution in [-0.4, -0.2) is 14.7 Å². The van der Waals surface area contributed by atoms with Crippen molar-refractivity contribution in [2.75, 3.05) is 0 Å². The maximum atomic E-state index is 11.9. The molecule has 102 valence electrons. The average Bonchev–Trinajstić information content (AvgIpc) is 2.98. The Bertz CT molecular complexity index is 638. The fraction of sp³-hybridized carbons (Fsp3) is 0.615. The lowest BCUT2D eigenvalue weighted by atomic mass is 10.0. The Labute approximate surface area is 115 Å². The van der Waals surface area contributed by atoms with Crippen LogP contribution < -0.4 is 11.2 Å². The van der Waals surface area contributed by atoms with E-state index in [0.717, 1.165) is 6.42 Å². The van der Waals surface area contributed by atoms with Crippen molar-refractivity contribution in [3.05, 3.63) is 26.4 Å². The molecule has 0 bridgehead atoms. The summed E-state index contributed by atoms with van der Waals surface area (Å²) in [5.74, 6) is 1.15. The first-order valence-electron chi connectivity index (χ1n) is 6.74. The SMILES string of the molecule is O=c1[nH]c(=O)n(CCC2CCCC2)c2c1CC(Cl)=N2. The van der Waals surface area contributed by atoms with Crippen molar-refractivity contribution in [2.45, 2.75) is 45.1 Å². The topological polar surface area (TPSA) is 67.2 Å². The van der Waals surface area contributed by atoms with Gasteiger partial charge in [-0.15, -0.1) is 0 Å². The number of H-pyrrole nitrogens is 1. The molecule has 1 aliphatic carbocycles. The molecule has 0 spiro atoms. The van der Waals surface area contributed by atoms with Crippen LogP contribution in [0, 0.1) is 5.92 Å². The number of hydrogen-bond donors (Lipinski definition) is 1. The number of hydrogen-bond acceptors (Lipinski definition) is 3. The summed E-state index contributed by atoms with van der Waals surface area (Å²) < 4.78 is 1.56. The molecule has 0 atom stereocenters. The first-order chi connectivity index (χ1) is 9.15. The van der Waals surface area contributed by atoms with E-state index in [1.807, 2.05) is 0 Å². The lowest BCUT2D eigenvalue weighted by molar-refractivity contribution is 0.450. The molecular formula is C13H16ClN3O2. The van der Waals surface area contributed by atoms with Gasteiger partial charge < -0.3 is 0 Å². The van der Waals surface area contributed by atoms with Gasteiger partial charge in [-0.25, -0.2) is 9.79 Å². The first-order valence-corrected chi connectivity index (χ1v) is 7.12. The molecule has 1 aliphatic heterocycles. The molecule has 1 aromatic rings. The highest BCUT2D eigenvalue weighted by atomic mass is 35.5. The first kappa shape index (κ1) is 12.7. The Hall–Kier alpha value is -1.36. The van der Waals surface area contributed by atoms with Gasteiger partial charge in [-0.05, 0) is 12.3 Å². The van der Waals surface area contributed by atoms with Crippen molar-refractivity contribution in [3.8, 4) is 0 Å². The van der Waals surface area contributed by atoms with Crippen LogP contribution in [-0.2, 0) is 13.0 Å². The van der Waals surface area contributed by atoms with E-state index >= 15 is 0 Å². The van der Waals surface area contributed by atoms with Gasteiger partial charge in [0.05, 0.1) is 5.56 Å². The van der Waals surface area contributed by atoms with Crippen LogP contribution in [0.3, 0.4) is 0 Å². The predicted octanol–water partition coefficient (Wildman–Crippen LogP) is 1.94. The van der Waals surface area contributed by atoms with E-state index in [4.69, 9.17) is 11.6 Å². The zero-order chi connectivity index (χ0) is 13.4. The van der Waals surface area contributed by atoms with Gasteiger partial charge in [-0.3, -0.25) is 14.3 Å². The van der Waals surface area contributed by atoms with Gasteiger partial charge in [-0.2, -0.15) is 0 Å². The van der Waals surface area contributed by atoms with E-state index in [0.29, 0.717) is 35.4 Å². The van der Waals surface area contributed by atoms with Crippen molar-refractivity contribution >= 4 is 22.6 Å². The standard InChI is InChI=1S/C13H16ClN3O2/c14-10-7-9-11(15-10)17(13(19)16-12(9)18)6-5-8-3-1-2-4-8/h8H,1-7H2,(H,16,18,19). The maximum absolute atomic E-state index is 11.9. The van der Waals surface area contributed by atoms with Gasteiger partial charge in [0.1, 0.15) is 11.0 Å². The highest BCUT2D eigenvalue weighted by Crippen LogP contribution is 2.29. The predicted molar refractivity (Wildman–Crippen MR) is 74.5 cm³/mol. The number of aliphatic imine (C=N–C) groups is 1. The van der Waals surface area contributed by atoms with Crippen molar-refractivity contribution in [1.29, 1.82) is 0 Å². The van der Waals surface area contributed by atoms with Crippen molar-refractivity contribution in [3.63, 3.8) is 0 Å². The third kappa shape index (κ3) is 2.39. The van der Waals surface area contributed by atoms with E-state index in [-0.39, 0.29) is 11.2 Å². The second-order valence-electron chi connectivity index (χ2n) is 5.32. The monoisotopic (exact) mass is 281 g/mol. The van der Waals surface area contributed by atoms with Gasteiger partial charge in [0.2, 0.25) is 0 Å². The number of rotatable bonds is 3. The molecule has 2 aliphatic rings. The quantitative estimate of drug-likeness (QED) is 0.920. The zero-order valence-electron chi connectivity index (χ0n) is 10.6. The summed E-state index contributed by atoms with van der Waals surface area (Å²) in [5.41, 5.74) is -0.232. The lowest BCUT2D eigenvalue weighted by Gasteiger charge is -2.12. The van der Waals surface area contributed by atoms with Crippen LogP contribution in [0.5, 0.6) is 0 Å². The number of fused-ring (bicyclic) bond motifs is 1. The van der Waals surface area contributed by atoms with Crippen LogP contribution in [0.4, 0.5) is 5.82 Å². The largest absolute Gasteiger partial charge is 0.329 e. The van der Waals surface area contributed by atoms with Gasteiger partial charge in [-0.1, -0.05) is 37.3 Å². The van der Waals surface area contributed by atoms with E-state index < -0.39 is 0 Å². The molecular weight excluding hydrogens is 266 g/mol. The fourth-order valence-electron chi connectivity index (χ4n) is 3.01. The molecule has 2 heterocycles. The molecule has 0 amide bonds. The summed E-state index contributed by atoms with van der Waals surface area (Å²) in [4.78, 5) is 30.1. The molecule has 0 saturated heterocycles. The highest BCUT2D eigenvalue weighted by Gasteiger charge is 2.22. The summed E-state index contributed by atoms with van der Waals surface area (Å²) in [6.07, 6.45) is 6.34. The molecule has 3 rings (SSSR count). The third-order valence-corrected chi connectivity index (χ3v) is 4.27. The number of aromatic nitrogens is 2. The number of nitrogens with zero attached hydrogens (tertiary/aromatic N) is 2. The summed E-state index contributed by atoms with van der Waals surface area (Å²) >= 11 is 5.88. The average molecular weight is 282 g/mol. The van der Waals surface area contributed by atoms with Gasteiger partial charge >= 0.3 is 5.69 Å². The molecule has 0 unspecified atom stereocenters. The number of nitrogens with one attached hydrogen (secondary N) is 1. The Kier molecular flexibility index (Phi) is 3.31. The van der Waals surface area contributed by atoms with Gasteiger partial charge in [0, 0.05) is 13.0 Å². The molecule has 0 aromatic carbocycles. The van der Waals surface area contributed by atoms with Crippen LogP contribution in [0.1, 0.15) is 37.7 Å². The smallest absolute Gasteiger partial charge is 0.278 e. The van der Waals surface area contributed by atoms with Crippen LogP contribution >= 0.6 is 11.6 Å². The van der Waals surface area contributed by atoms with E-state index in [1.54, 1.807) is 4.57 Å². The van der Waals surface area contributed by atoms with E-state index in [1.165, 1.54) is 25.7 Å². The Morgan fingerprint density at radius 1 is 1.32 bits per heavy atom. The minimum atomic E-state index is -0.378. The molecule has 1 aromatic heterocycles. The molecule has 0 radical (unpaired) electrons. The number of halogens is 1. The maximum Gasteiger partial charge on any atom is 0.329 e. The van der Waals surface area contributed by atoms with Crippen molar-refractivity contribution < 1.29 is 0 Å². The molecule has 1 saturated carbocycles. The van der Waals surface area contributed by atoms with Crippen LogP contribution in [0.2, 0.25) is 0 Å². The summed E-state index contributed by atoms with van der Waals surface area (Å²) in [6, 6.07) is 0. The van der Waals surface area contributed by atoms with Gasteiger partial charge in [0.15, 0.2) is 0 Å². The summed E-state index contributed by atoms with van der Waals surface area (Å²) in [5, 5.41) is 0.376. The molecule has 19 heavy (non-hydrogen) atoms. The normalized spacial score (nSPS) is 18.7. The summed E-state index contributed by atoms with van der Waals surface area (Å²) in [6.45, 7) is 0.607. The molecule has 6 heteroatoms. The molecule has 1 N–H and O–H groups in total. The van der Waals surface area contributed by atoms with Crippen molar-refractivity contribution in [2.24, 2.45) is 10.9 Å². The second kappa shape index (κ2) is 4.96. The van der Waals surface area contributed by atoms with Crippen molar-refractivity contribution in [1.82, 2.24) is 9.55 Å². The lowest BCUT2D eigenvalue weighted by Crippen LogP contribution is -2.32.